The number of carboxylic acid groups (broad SMARTS) is 1. The Morgan fingerprint density at radius 3 is 2.69 bits per heavy atom. The Morgan fingerprint density at radius 1 is 1.31 bits per heavy atom. The van der Waals surface area contributed by atoms with Crippen LogP contribution in [-0.4, -0.2) is 17.0 Å². The minimum atomic E-state index is -0.821. The summed E-state index contributed by atoms with van der Waals surface area (Å²) in [6.45, 7) is 0.453. The highest BCUT2D eigenvalue weighted by Crippen LogP contribution is 2.01. The lowest BCUT2D eigenvalue weighted by molar-refractivity contribution is -0.137. The summed E-state index contributed by atoms with van der Waals surface area (Å²) in [4.78, 5) is 21.5. The quantitative estimate of drug-likeness (QED) is 0.690. The van der Waals surface area contributed by atoms with Crippen molar-refractivity contribution >= 4 is 11.9 Å². The number of carbonyl (C=O) groups is 2. The van der Waals surface area contributed by atoms with Gasteiger partial charge in [-0.2, -0.15) is 0 Å². The third kappa shape index (κ3) is 5.19. The third-order valence-corrected chi connectivity index (χ3v) is 2.11. The molecule has 1 amide bonds. The third-order valence-electron chi connectivity index (χ3n) is 2.11. The lowest BCUT2D eigenvalue weighted by atomic mass is 10.2. The molecule has 0 radical (unpaired) electrons. The van der Waals surface area contributed by atoms with E-state index < -0.39 is 5.97 Å². The van der Waals surface area contributed by atoms with Gasteiger partial charge in [0.05, 0.1) is 12.5 Å². The van der Waals surface area contributed by atoms with Crippen molar-refractivity contribution in [2.24, 2.45) is 0 Å². The molecule has 0 aliphatic rings. The standard InChI is InChI=1S/C11H15NO4/c13-10(3-1-2-4-11(14)15)12-7-9-5-6-16-8-9/h5-6,8H,1-4,7H2,(H,12,13)(H,14,15). The molecular formula is C11H15NO4. The minimum absolute atomic E-state index is 0.0633. The molecule has 0 fully saturated rings. The normalized spacial score (nSPS) is 10.0. The molecule has 0 aliphatic carbocycles. The molecule has 0 saturated heterocycles. The van der Waals surface area contributed by atoms with Crippen molar-refractivity contribution in [3.05, 3.63) is 24.2 Å². The summed E-state index contributed by atoms with van der Waals surface area (Å²) >= 11 is 0. The van der Waals surface area contributed by atoms with Crippen LogP contribution in [0.5, 0.6) is 0 Å². The number of hydrogen-bond acceptors (Lipinski definition) is 3. The van der Waals surface area contributed by atoms with Crippen LogP contribution in [0.2, 0.25) is 0 Å². The number of furan rings is 1. The van der Waals surface area contributed by atoms with E-state index in [1.807, 2.05) is 0 Å². The summed E-state index contributed by atoms with van der Waals surface area (Å²) < 4.78 is 4.86. The van der Waals surface area contributed by atoms with E-state index in [0.717, 1.165) is 5.56 Å². The number of carbonyl (C=O) groups excluding carboxylic acids is 1. The van der Waals surface area contributed by atoms with Crippen LogP contribution < -0.4 is 5.32 Å². The largest absolute Gasteiger partial charge is 0.481 e. The molecule has 1 aromatic heterocycles. The van der Waals surface area contributed by atoms with E-state index >= 15 is 0 Å². The van der Waals surface area contributed by atoms with Crippen molar-refractivity contribution in [2.75, 3.05) is 0 Å². The van der Waals surface area contributed by atoms with E-state index in [0.29, 0.717) is 25.8 Å². The number of amides is 1. The predicted octanol–water partition coefficient (Wildman–Crippen LogP) is 1.54. The van der Waals surface area contributed by atoms with Gasteiger partial charge in [-0.25, -0.2) is 0 Å². The zero-order valence-electron chi connectivity index (χ0n) is 8.94. The van der Waals surface area contributed by atoms with E-state index in [1.165, 1.54) is 0 Å². The SMILES string of the molecule is O=C(O)CCCCC(=O)NCc1ccoc1. The van der Waals surface area contributed by atoms with Gasteiger partial charge in [0, 0.05) is 24.9 Å². The van der Waals surface area contributed by atoms with Gasteiger partial charge in [0.1, 0.15) is 0 Å². The van der Waals surface area contributed by atoms with Crippen LogP contribution in [0.25, 0.3) is 0 Å². The van der Waals surface area contributed by atoms with Gasteiger partial charge in [-0.05, 0) is 18.9 Å². The van der Waals surface area contributed by atoms with Crippen LogP contribution in [0.1, 0.15) is 31.2 Å². The first kappa shape index (κ1) is 12.3. The number of unbranched alkanes of at least 4 members (excludes halogenated alkanes) is 1. The Hall–Kier alpha value is -1.78. The molecule has 0 spiro atoms. The van der Waals surface area contributed by atoms with Crippen molar-refractivity contribution < 1.29 is 19.1 Å². The van der Waals surface area contributed by atoms with Crippen molar-refractivity contribution in [1.82, 2.24) is 5.32 Å². The molecule has 88 valence electrons. The first-order chi connectivity index (χ1) is 7.68. The molecule has 1 rings (SSSR count). The monoisotopic (exact) mass is 225 g/mol. The maximum atomic E-state index is 11.3. The lowest BCUT2D eigenvalue weighted by Crippen LogP contribution is -2.22. The Morgan fingerprint density at radius 2 is 2.06 bits per heavy atom. The van der Waals surface area contributed by atoms with Crippen LogP contribution in [-0.2, 0) is 16.1 Å². The number of nitrogens with one attached hydrogen (secondary N) is 1. The maximum absolute atomic E-state index is 11.3. The van der Waals surface area contributed by atoms with Gasteiger partial charge in [-0.15, -0.1) is 0 Å². The second-order valence-electron chi connectivity index (χ2n) is 3.51. The Kier molecular flexibility index (Phi) is 5.11. The minimum Gasteiger partial charge on any atom is -0.481 e. The van der Waals surface area contributed by atoms with Gasteiger partial charge in [-0.1, -0.05) is 0 Å². The molecule has 0 bridgehead atoms. The smallest absolute Gasteiger partial charge is 0.303 e. The average molecular weight is 225 g/mol. The van der Waals surface area contributed by atoms with Gasteiger partial charge in [0.25, 0.3) is 0 Å². The number of rotatable bonds is 7. The van der Waals surface area contributed by atoms with Gasteiger partial charge in [0.15, 0.2) is 0 Å². The molecule has 5 nitrogen and oxygen atoms in total. The Bertz CT molecular complexity index is 332. The van der Waals surface area contributed by atoms with Gasteiger partial charge >= 0.3 is 5.97 Å². The first-order valence-corrected chi connectivity index (χ1v) is 5.18. The summed E-state index contributed by atoms with van der Waals surface area (Å²) in [5.74, 6) is -0.884. The summed E-state index contributed by atoms with van der Waals surface area (Å²) in [6.07, 6.45) is 4.75. The van der Waals surface area contributed by atoms with Crippen molar-refractivity contribution in [2.45, 2.75) is 32.2 Å². The molecule has 0 unspecified atom stereocenters. The van der Waals surface area contributed by atoms with E-state index in [-0.39, 0.29) is 12.3 Å². The molecule has 1 aromatic rings. The Balaban J connectivity index is 2.05. The second kappa shape index (κ2) is 6.66. The molecule has 2 N–H and O–H groups in total. The fourth-order valence-electron chi connectivity index (χ4n) is 1.24. The summed E-state index contributed by atoms with van der Waals surface area (Å²) in [7, 11) is 0. The van der Waals surface area contributed by atoms with Crippen molar-refractivity contribution in [1.29, 1.82) is 0 Å². The molecule has 0 atom stereocenters. The second-order valence-corrected chi connectivity index (χ2v) is 3.51. The van der Waals surface area contributed by atoms with Crippen LogP contribution >= 0.6 is 0 Å². The van der Waals surface area contributed by atoms with Crippen molar-refractivity contribution in [3.63, 3.8) is 0 Å². The van der Waals surface area contributed by atoms with Gasteiger partial charge in [-0.3, -0.25) is 9.59 Å². The van der Waals surface area contributed by atoms with E-state index in [2.05, 4.69) is 5.32 Å². The van der Waals surface area contributed by atoms with Gasteiger partial charge in [0.2, 0.25) is 5.91 Å². The number of hydrogen-bond donors (Lipinski definition) is 2. The molecule has 5 heteroatoms. The van der Waals surface area contributed by atoms with Crippen LogP contribution in [0.4, 0.5) is 0 Å². The first-order valence-electron chi connectivity index (χ1n) is 5.18. The molecule has 1 heterocycles. The highest BCUT2D eigenvalue weighted by molar-refractivity contribution is 5.75. The summed E-state index contributed by atoms with van der Waals surface area (Å²) in [5, 5.41) is 11.1. The number of aliphatic carboxylic acids is 1. The average Bonchev–Trinajstić information content (AvgIpc) is 2.74. The van der Waals surface area contributed by atoms with E-state index in [9.17, 15) is 9.59 Å². The van der Waals surface area contributed by atoms with Gasteiger partial charge < -0.3 is 14.8 Å². The topological polar surface area (TPSA) is 79.5 Å². The van der Waals surface area contributed by atoms with E-state index in [1.54, 1.807) is 18.6 Å². The van der Waals surface area contributed by atoms with Crippen LogP contribution in [0, 0.1) is 0 Å². The maximum Gasteiger partial charge on any atom is 0.303 e. The fraction of sp³-hybridized carbons (Fsp3) is 0.455. The number of carboxylic acids is 1. The van der Waals surface area contributed by atoms with Crippen molar-refractivity contribution in [3.8, 4) is 0 Å². The van der Waals surface area contributed by atoms with E-state index in [4.69, 9.17) is 9.52 Å². The lowest BCUT2D eigenvalue weighted by Gasteiger charge is -2.02. The molecule has 0 saturated carbocycles. The highest BCUT2D eigenvalue weighted by atomic mass is 16.4. The Labute approximate surface area is 93.4 Å². The molecule has 0 aliphatic heterocycles. The predicted molar refractivity (Wildman–Crippen MR) is 56.7 cm³/mol. The zero-order valence-corrected chi connectivity index (χ0v) is 8.94. The van der Waals surface area contributed by atoms with Crippen LogP contribution in [0.3, 0.4) is 0 Å². The molecule has 16 heavy (non-hydrogen) atoms. The highest BCUT2D eigenvalue weighted by Gasteiger charge is 2.03. The zero-order chi connectivity index (χ0) is 11.8. The summed E-state index contributed by atoms with van der Waals surface area (Å²) in [5.41, 5.74) is 0.916. The molecular weight excluding hydrogens is 210 g/mol. The van der Waals surface area contributed by atoms with Crippen LogP contribution in [0.15, 0.2) is 23.0 Å². The fourth-order valence-corrected chi connectivity index (χ4v) is 1.24. The summed E-state index contributed by atoms with van der Waals surface area (Å²) in [6, 6.07) is 1.78. The molecule has 0 aromatic carbocycles.